The lowest BCUT2D eigenvalue weighted by Gasteiger charge is -2.38. The smallest absolute Gasteiger partial charge is 0.404 e. The van der Waals surface area contributed by atoms with Crippen molar-refractivity contribution in [2.75, 3.05) is 19.7 Å². The number of likely N-dealkylation sites (tertiary alicyclic amines) is 1. The number of hydrogen-bond donors (Lipinski definition) is 4. The van der Waals surface area contributed by atoms with Gasteiger partial charge in [0.15, 0.2) is 14.9 Å². The molecule has 1 aliphatic rings. The van der Waals surface area contributed by atoms with Crippen molar-refractivity contribution in [3.63, 3.8) is 0 Å². The van der Waals surface area contributed by atoms with Crippen molar-refractivity contribution in [1.29, 1.82) is 0 Å². The third kappa shape index (κ3) is 8.54. The fourth-order valence-corrected chi connectivity index (χ4v) is 5.15. The van der Waals surface area contributed by atoms with Crippen LogP contribution in [-0.2, 0) is 22.3 Å². The van der Waals surface area contributed by atoms with Crippen molar-refractivity contribution in [2.45, 2.75) is 64.2 Å². The van der Waals surface area contributed by atoms with Crippen molar-refractivity contribution in [3.05, 3.63) is 65.2 Å². The van der Waals surface area contributed by atoms with Gasteiger partial charge < -0.3 is 34.9 Å². The van der Waals surface area contributed by atoms with Gasteiger partial charge in [0, 0.05) is 31.7 Å². The van der Waals surface area contributed by atoms with Crippen LogP contribution in [0.15, 0.2) is 48.5 Å². The highest BCUT2D eigenvalue weighted by atomic mass is 28.4. The van der Waals surface area contributed by atoms with Gasteiger partial charge in [0.25, 0.3) is 11.8 Å². The Hall–Kier alpha value is -3.41. The zero-order chi connectivity index (χ0) is 28.8. The molecule has 0 saturated carbocycles. The van der Waals surface area contributed by atoms with Crippen LogP contribution in [0.25, 0.3) is 0 Å². The number of hydrogen-bond acceptors (Lipinski definition) is 6. The van der Waals surface area contributed by atoms with Crippen molar-refractivity contribution in [2.24, 2.45) is 0 Å². The summed E-state index contributed by atoms with van der Waals surface area (Å²) in [6.07, 6.45) is -2.22. The molecule has 212 valence electrons. The minimum atomic E-state index is -2.07. The summed E-state index contributed by atoms with van der Waals surface area (Å²) in [5.74, 6) is 0.0663. The van der Waals surface area contributed by atoms with Crippen LogP contribution in [0.4, 0.5) is 4.79 Å². The van der Waals surface area contributed by atoms with Crippen LogP contribution < -0.4 is 15.4 Å². The Kier molecular flexibility index (Phi) is 9.76. The average Bonchev–Trinajstić information content (AvgIpc) is 3.24. The molecule has 1 fully saturated rings. The van der Waals surface area contributed by atoms with Gasteiger partial charge in [-0.3, -0.25) is 9.59 Å². The van der Waals surface area contributed by atoms with Gasteiger partial charge in [0.05, 0.1) is 12.2 Å². The Morgan fingerprint density at radius 3 is 2.08 bits per heavy atom. The zero-order valence-electron chi connectivity index (χ0n) is 23.2. The molecule has 10 nitrogen and oxygen atoms in total. The van der Waals surface area contributed by atoms with Crippen molar-refractivity contribution < 1.29 is 33.8 Å². The molecular weight excluding hydrogens is 518 g/mol. The minimum Gasteiger partial charge on any atom is -0.484 e. The number of nitrogens with one attached hydrogen (secondary N) is 2. The highest BCUT2D eigenvalue weighted by Crippen LogP contribution is 2.38. The van der Waals surface area contributed by atoms with E-state index < -0.39 is 26.6 Å². The Labute approximate surface area is 230 Å². The summed E-state index contributed by atoms with van der Waals surface area (Å²) >= 11 is 0. The van der Waals surface area contributed by atoms with Gasteiger partial charge in [0.1, 0.15) is 5.75 Å². The Morgan fingerprint density at radius 1 is 0.949 bits per heavy atom. The van der Waals surface area contributed by atoms with E-state index in [1.165, 1.54) is 0 Å². The maximum atomic E-state index is 12.7. The van der Waals surface area contributed by atoms with Gasteiger partial charge >= 0.3 is 6.09 Å². The Morgan fingerprint density at radius 2 is 1.51 bits per heavy atom. The number of nitrogens with zero attached hydrogens (tertiary/aromatic N) is 1. The first-order valence-corrected chi connectivity index (χ1v) is 15.9. The average molecular weight is 558 g/mol. The lowest BCUT2D eigenvalue weighted by atomic mass is 10.1. The predicted molar refractivity (Wildman–Crippen MR) is 149 cm³/mol. The van der Waals surface area contributed by atoms with Crippen LogP contribution in [0.2, 0.25) is 18.1 Å². The number of benzene rings is 2. The van der Waals surface area contributed by atoms with Crippen molar-refractivity contribution in [1.82, 2.24) is 15.5 Å². The summed E-state index contributed by atoms with van der Waals surface area (Å²) in [5, 5.41) is 24.3. The van der Waals surface area contributed by atoms with E-state index in [0.717, 1.165) is 11.1 Å². The molecule has 2 atom stereocenters. The second kappa shape index (κ2) is 12.6. The van der Waals surface area contributed by atoms with Crippen LogP contribution in [0.5, 0.6) is 5.75 Å². The molecule has 0 bridgehead atoms. The van der Waals surface area contributed by atoms with Gasteiger partial charge in [-0.15, -0.1) is 0 Å². The SMILES string of the molecule is CC(C)(C)[Si](C)(C)OC1CN(C(=O)COc2ccc(CNC(=O)c3ccc(CNC(=O)O)cc3)cc2)CC1O. The maximum Gasteiger partial charge on any atom is 0.404 e. The third-order valence-electron chi connectivity index (χ3n) is 7.24. The molecule has 2 aromatic carbocycles. The molecule has 1 saturated heterocycles. The first-order chi connectivity index (χ1) is 18.2. The van der Waals surface area contributed by atoms with Crippen molar-refractivity contribution >= 4 is 26.2 Å². The molecule has 2 aromatic rings. The minimum absolute atomic E-state index is 0.0102. The molecule has 3 amide bonds. The number of amides is 3. The van der Waals surface area contributed by atoms with Gasteiger partial charge in [-0.1, -0.05) is 45.0 Å². The number of rotatable bonds is 10. The lowest BCUT2D eigenvalue weighted by Crippen LogP contribution is -2.47. The van der Waals surface area contributed by atoms with Crippen LogP contribution >= 0.6 is 0 Å². The fourth-order valence-electron chi connectivity index (χ4n) is 3.81. The van der Waals surface area contributed by atoms with E-state index in [-0.39, 0.29) is 36.5 Å². The number of carbonyl (C=O) groups excluding carboxylic acids is 2. The summed E-state index contributed by atoms with van der Waals surface area (Å²) in [7, 11) is -2.07. The van der Waals surface area contributed by atoms with E-state index in [2.05, 4.69) is 44.5 Å². The number of aliphatic hydroxyl groups is 1. The van der Waals surface area contributed by atoms with Crippen LogP contribution in [0, 0.1) is 0 Å². The fraction of sp³-hybridized carbons (Fsp3) is 0.464. The van der Waals surface area contributed by atoms with E-state index >= 15 is 0 Å². The number of aliphatic hydroxyl groups excluding tert-OH is 1. The topological polar surface area (TPSA) is 137 Å². The first-order valence-electron chi connectivity index (χ1n) is 12.9. The van der Waals surface area contributed by atoms with Gasteiger partial charge in [-0.2, -0.15) is 0 Å². The monoisotopic (exact) mass is 557 g/mol. The second-order valence-corrected chi connectivity index (χ2v) is 16.0. The molecular formula is C28H39N3O7Si. The normalized spacial score (nSPS) is 17.5. The quantitative estimate of drug-likeness (QED) is 0.329. The van der Waals surface area contributed by atoms with Gasteiger partial charge in [0.2, 0.25) is 0 Å². The predicted octanol–water partition coefficient (Wildman–Crippen LogP) is 3.36. The summed E-state index contributed by atoms with van der Waals surface area (Å²) in [4.78, 5) is 37.3. The number of carbonyl (C=O) groups is 3. The largest absolute Gasteiger partial charge is 0.484 e. The van der Waals surface area contributed by atoms with Gasteiger partial charge in [-0.25, -0.2) is 4.79 Å². The Bertz CT molecular complexity index is 1150. The lowest BCUT2D eigenvalue weighted by molar-refractivity contribution is -0.132. The number of β-amino-alcohol motifs (C(OH)–C–C–N with tert-alkyl or cyclic N) is 1. The zero-order valence-corrected chi connectivity index (χ0v) is 24.2. The van der Waals surface area contributed by atoms with Crippen LogP contribution in [-0.4, -0.2) is 73.2 Å². The molecule has 39 heavy (non-hydrogen) atoms. The van der Waals surface area contributed by atoms with E-state index in [1.807, 2.05) is 12.1 Å². The molecule has 0 radical (unpaired) electrons. The molecule has 0 aliphatic carbocycles. The summed E-state index contributed by atoms with van der Waals surface area (Å²) in [5.41, 5.74) is 2.08. The van der Waals surface area contributed by atoms with E-state index in [4.69, 9.17) is 14.3 Å². The van der Waals surface area contributed by atoms with Crippen molar-refractivity contribution in [3.8, 4) is 5.75 Å². The van der Waals surface area contributed by atoms with Gasteiger partial charge in [-0.05, 0) is 53.5 Å². The number of carboxylic acid groups (broad SMARTS) is 1. The maximum absolute atomic E-state index is 12.7. The highest BCUT2D eigenvalue weighted by molar-refractivity contribution is 6.74. The summed E-state index contributed by atoms with van der Waals surface area (Å²) < 4.78 is 12.0. The van der Waals surface area contributed by atoms with Crippen LogP contribution in [0.1, 0.15) is 42.3 Å². The number of ether oxygens (including phenoxy) is 1. The molecule has 0 spiro atoms. The molecule has 11 heteroatoms. The summed E-state index contributed by atoms with van der Waals surface area (Å²) in [6, 6.07) is 13.8. The molecule has 4 N–H and O–H groups in total. The third-order valence-corrected chi connectivity index (χ3v) is 11.7. The Balaban J connectivity index is 1.43. The van der Waals surface area contributed by atoms with Crippen LogP contribution in [0.3, 0.4) is 0 Å². The molecule has 2 unspecified atom stereocenters. The van der Waals surface area contributed by atoms with E-state index in [1.54, 1.807) is 41.3 Å². The first kappa shape index (κ1) is 30.1. The molecule has 1 aliphatic heterocycles. The summed E-state index contributed by atoms with van der Waals surface area (Å²) in [6.45, 7) is 11.6. The van der Waals surface area contributed by atoms with E-state index in [0.29, 0.717) is 24.4 Å². The molecule has 3 rings (SSSR count). The second-order valence-electron chi connectivity index (χ2n) is 11.3. The molecule has 0 aromatic heterocycles. The highest BCUT2D eigenvalue weighted by Gasteiger charge is 2.44. The molecule has 1 heterocycles. The standard InChI is InChI=1S/C28H39N3O7Si/c1-28(2,3)39(4,5)38-24-17-31(16-23(24)32)25(33)18-37-22-12-8-20(9-13-22)14-29-26(34)21-10-6-19(7-11-21)15-30-27(35)36/h6-13,23-24,30,32H,14-18H2,1-5H3,(H,29,34)(H,35,36). The van der Waals surface area contributed by atoms with E-state index in [9.17, 15) is 19.5 Å².